The van der Waals surface area contributed by atoms with E-state index in [1.807, 2.05) is 13.0 Å². The minimum Gasteiger partial charge on any atom is -0.481 e. The number of aromatic nitrogens is 2. The molecule has 0 spiro atoms. The molecule has 0 saturated heterocycles. The Kier molecular flexibility index (Phi) is 7.18. The molecule has 0 atom stereocenters. The van der Waals surface area contributed by atoms with Crippen molar-refractivity contribution in [2.45, 2.75) is 33.6 Å². The van der Waals surface area contributed by atoms with Crippen LogP contribution in [0.25, 0.3) is 0 Å². The first-order valence-corrected chi connectivity index (χ1v) is 6.89. The number of hydrogen-bond donors (Lipinski definition) is 1. The summed E-state index contributed by atoms with van der Waals surface area (Å²) in [6, 6.07) is 1.82. The third-order valence-electron chi connectivity index (χ3n) is 2.52. The van der Waals surface area contributed by atoms with Crippen molar-refractivity contribution in [1.82, 2.24) is 9.97 Å². The van der Waals surface area contributed by atoms with Crippen molar-refractivity contribution in [3.63, 3.8) is 0 Å². The highest BCUT2D eigenvalue weighted by molar-refractivity contribution is 5.38. The number of nitrogens with one attached hydrogen (secondary N) is 1. The maximum Gasteiger partial charge on any atom is 0.218 e. The second kappa shape index (κ2) is 8.69. The van der Waals surface area contributed by atoms with Gasteiger partial charge in [0, 0.05) is 32.2 Å². The van der Waals surface area contributed by atoms with Gasteiger partial charge in [-0.25, -0.2) is 4.98 Å². The Morgan fingerprint density at radius 1 is 1.32 bits per heavy atom. The van der Waals surface area contributed by atoms with E-state index < -0.39 is 0 Å². The highest BCUT2D eigenvalue weighted by Gasteiger charge is 2.06. The Bertz CT molecular complexity index is 370. The zero-order chi connectivity index (χ0) is 14.1. The lowest BCUT2D eigenvalue weighted by atomic mass is 10.1. The molecule has 0 fully saturated rings. The molecule has 1 aromatic rings. The van der Waals surface area contributed by atoms with E-state index in [0.29, 0.717) is 11.8 Å². The number of anilines is 1. The van der Waals surface area contributed by atoms with Gasteiger partial charge >= 0.3 is 0 Å². The molecule has 0 radical (unpaired) electrons. The molecule has 1 aromatic heterocycles. The van der Waals surface area contributed by atoms with Crippen molar-refractivity contribution in [3.8, 4) is 5.88 Å². The molecule has 5 heteroatoms. The van der Waals surface area contributed by atoms with Crippen LogP contribution in [0.1, 0.15) is 33.0 Å². The maximum absolute atomic E-state index is 5.30. The highest BCUT2D eigenvalue weighted by Crippen LogP contribution is 2.15. The minimum atomic E-state index is 0.526. The fourth-order valence-electron chi connectivity index (χ4n) is 1.66. The van der Waals surface area contributed by atoms with Gasteiger partial charge in [0.1, 0.15) is 11.6 Å². The molecular formula is C14H25N3O2. The molecule has 19 heavy (non-hydrogen) atoms. The Balaban J connectivity index is 2.55. The lowest BCUT2D eigenvalue weighted by molar-refractivity contribution is 0.147. The van der Waals surface area contributed by atoms with E-state index >= 15 is 0 Å². The molecule has 108 valence electrons. The fraction of sp³-hybridized carbons (Fsp3) is 0.714. The third-order valence-corrected chi connectivity index (χ3v) is 2.52. The molecule has 0 saturated carbocycles. The van der Waals surface area contributed by atoms with E-state index in [-0.39, 0.29) is 0 Å². The van der Waals surface area contributed by atoms with Crippen LogP contribution in [0.2, 0.25) is 0 Å². The Hall–Kier alpha value is -1.36. The van der Waals surface area contributed by atoms with Crippen molar-refractivity contribution in [3.05, 3.63) is 11.9 Å². The van der Waals surface area contributed by atoms with E-state index in [1.54, 1.807) is 7.11 Å². The van der Waals surface area contributed by atoms with E-state index in [9.17, 15) is 0 Å². The summed E-state index contributed by atoms with van der Waals surface area (Å²) >= 11 is 0. The van der Waals surface area contributed by atoms with Crippen LogP contribution in [0.5, 0.6) is 5.88 Å². The Morgan fingerprint density at radius 3 is 2.74 bits per heavy atom. The van der Waals surface area contributed by atoms with E-state index in [2.05, 4.69) is 29.1 Å². The molecule has 1 N–H and O–H groups in total. The summed E-state index contributed by atoms with van der Waals surface area (Å²) in [6.07, 6.45) is 1.81. The number of rotatable bonds is 9. The predicted octanol–water partition coefficient (Wildman–Crippen LogP) is 2.52. The van der Waals surface area contributed by atoms with E-state index in [4.69, 9.17) is 9.47 Å². The number of nitrogens with zero attached hydrogens (tertiary/aromatic N) is 2. The molecule has 1 heterocycles. The van der Waals surface area contributed by atoms with Crippen LogP contribution in [-0.4, -0.2) is 36.8 Å². The number of methoxy groups -OCH3 is 1. The van der Waals surface area contributed by atoms with Gasteiger partial charge < -0.3 is 14.8 Å². The van der Waals surface area contributed by atoms with Gasteiger partial charge in [0.15, 0.2) is 0 Å². The predicted molar refractivity (Wildman–Crippen MR) is 76.7 cm³/mol. The molecule has 0 aromatic carbocycles. The summed E-state index contributed by atoms with van der Waals surface area (Å²) in [5.41, 5.74) is 0. The first-order valence-electron chi connectivity index (χ1n) is 6.89. The molecule has 5 nitrogen and oxygen atoms in total. The molecule has 0 unspecified atom stereocenters. The average molecular weight is 267 g/mol. The second-order valence-electron chi connectivity index (χ2n) is 4.79. The maximum atomic E-state index is 5.30. The third kappa shape index (κ3) is 6.38. The molecular weight excluding hydrogens is 242 g/mol. The van der Waals surface area contributed by atoms with Crippen LogP contribution in [-0.2, 0) is 11.2 Å². The second-order valence-corrected chi connectivity index (χ2v) is 4.79. The van der Waals surface area contributed by atoms with Gasteiger partial charge in [-0.05, 0) is 19.3 Å². The standard InChI is InChI=1S/C14H25N3O2/c1-5-19-8-6-7-15-12-10-14(18-4)17-13(16-12)9-11(2)3/h10-11H,5-9H2,1-4H3,(H,15,16,17). The summed E-state index contributed by atoms with van der Waals surface area (Å²) in [7, 11) is 1.63. The van der Waals surface area contributed by atoms with Crippen LogP contribution in [0.15, 0.2) is 6.07 Å². The summed E-state index contributed by atoms with van der Waals surface area (Å²) in [6.45, 7) is 8.67. The van der Waals surface area contributed by atoms with Crippen LogP contribution < -0.4 is 10.1 Å². The molecule has 0 aliphatic carbocycles. The number of hydrogen-bond acceptors (Lipinski definition) is 5. The summed E-state index contributed by atoms with van der Waals surface area (Å²) in [5.74, 6) is 2.77. The first kappa shape index (κ1) is 15.7. The van der Waals surface area contributed by atoms with Crippen LogP contribution >= 0.6 is 0 Å². The molecule has 0 aliphatic rings. The number of ether oxygens (including phenoxy) is 2. The van der Waals surface area contributed by atoms with Crippen molar-refractivity contribution in [2.75, 3.05) is 32.2 Å². The monoisotopic (exact) mass is 267 g/mol. The lowest BCUT2D eigenvalue weighted by Crippen LogP contribution is -2.10. The van der Waals surface area contributed by atoms with Crippen LogP contribution in [0, 0.1) is 5.92 Å². The Morgan fingerprint density at radius 2 is 2.11 bits per heavy atom. The average Bonchev–Trinajstić information content (AvgIpc) is 2.37. The summed E-state index contributed by atoms with van der Waals surface area (Å²) in [5, 5.41) is 3.28. The highest BCUT2D eigenvalue weighted by atomic mass is 16.5. The van der Waals surface area contributed by atoms with Gasteiger partial charge in [0.05, 0.1) is 7.11 Å². The quantitative estimate of drug-likeness (QED) is 0.697. The SMILES string of the molecule is CCOCCCNc1cc(OC)nc(CC(C)C)n1. The van der Waals surface area contributed by atoms with Gasteiger partial charge in [-0.15, -0.1) is 0 Å². The minimum absolute atomic E-state index is 0.526. The topological polar surface area (TPSA) is 56.3 Å². The lowest BCUT2D eigenvalue weighted by Gasteiger charge is -2.10. The van der Waals surface area contributed by atoms with Gasteiger partial charge in [-0.1, -0.05) is 13.8 Å². The van der Waals surface area contributed by atoms with E-state index in [1.165, 1.54) is 0 Å². The summed E-state index contributed by atoms with van der Waals surface area (Å²) < 4.78 is 10.5. The molecule has 1 rings (SSSR count). The smallest absolute Gasteiger partial charge is 0.218 e. The fourth-order valence-corrected chi connectivity index (χ4v) is 1.66. The van der Waals surface area contributed by atoms with Gasteiger partial charge in [-0.2, -0.15) is 4.98 Å². The van der Waals surface area contributed by atoms with Gasteiger partial charge in [-0.3, -0.25) is 0 Å². The van der Waals surface area contributed by atoms with Crippen molar-refractivity contribution in [1.29, 1.82) is 0 Å². The molecule has 0 bridgehead atoms. The zero-order valence-corrected chi connectivity index (χ0v) is 12.4. The Labute approximate surface area is 115 Å². The van der Waals surface area contributed by atoms with Crippen LogP contribution in [0.4, 0.5) is 5.82 Å². The van der Waals surface area contributed by atoms with Crippen molar-refractivity contribution < 1.29 is 9.47 Å². The van der Waals surface area contributed by atoms with Crippen molar-refractivity contribution >= 4 is 5.82 Å². The first-order chi connectivity index (χ1) is 9.15. The van der Waals surface area contributed by atoms with E-state index in [0.717, 1.165) is 44.2 Å². The van der Waals surface area contributed by atoms with Crippen molar-refractivity contribution in [2.24, 2.45) is 5.92 Å². The van der Waals surface area contributed by atoms with Gasteiger partial charge in [0.25, 0.3) is 0 Å². The zero-order valence-electron chi connectivity index (χ0n) is 12.4. The normalized spacial score (nSPS) is 10.8. The van der Waals surface area contributed by atoms with Gasteiger partial charge in [0.2, 0.25) is 5.88 Å². The molecule has 0 aliphatic heterocycles. The summed E-state index contributed by atoms with van der Waals surface area (Å²) in [4.78, 5) is 8.85. The largest absolute Gasteiger partial charge is 0.481 e. The molecule has 0 amide bonds. The van der Waals surface area contributed by atoms with Crippen LogP contribution in [0.3, 0.4) is 0 Å².